The Bertz CT molecular complexity index is 2790. The smallest absolute Gasteiger partial charge is 0.397 e. The minimum absolute atomic E-state index is 0.0625. The number of aromatic hydroxyl groups is 1. The van der Waals surface area contributed by atoms with Crippen LogP contribution < -0.4 is 5.73 Å². The first-order chi connectivity index (χ1) is 25.3. The Labute approximate surface area is 315 Å². The third-order valence-corrected chi connectivity index (χ3v) is 12.9. The summed E-state index contributed by atoms with van der Waals surface area (Å²) < 4.78 is 168. The van der Waals surface area contributed by atoms with E-state index in [4.69, 9.17) is 10.3 Å². The molecule has 0 aliphatic rings. The molecule has 4 rings (SSSR count). The molecule has 1 unspecified atom stereocenters. The summed E-state index contributed by atoms with van der Waals surface area (Å²) >= 11 is -2.91. The first kappa shape index (κ1) is 43.4. The number of sulfone groups is 2. The number of anilines is 1. The number of fused-ring (bicyclic) bond motifs is 1. The van der Waals surface area contributed by atoms with Crippen LogP contribution >= 0.6 is 0 Å². The van der Waals surface area contributed by atoms with Crippen LogP contribution in [0, 0.1) is 0 Å². The molecule has 0 fully saturated rings. The van der Waals surface area contributed by atoms with Crippen molar-refractivity contribution in [2.45, 2.75) is 19.6 Å². The Hall–Kier alpha value is -4.36. The lowest BCUT2D eigenvalue weighted by Gasteiger charge is -2.14. The average Bonchev–Trinajstić information content (AvgIpc) is 3.05. The number of nitrogens with two attached hydrogens (primary N) is 1. The van der Waals surface area contributed by atoms with Gasteiger partial charge in [-0.25, -0.2) is 25.2 Å². The Morgan fingerprint density at radius 2 is 1.15 bits per heavy atom. The van der Waals surface area contributed by atoms with Crippen LogP contribution in [0.5, 0.6) is 5.75 Å². The summed E-state index contributed by atoms with van der Waals surface area (Å²) in [5.74, 6) is -2.42. The molecule has 0 spiro atoms. The molecule has 0 saturated carbocycles. The lowest BCUT2D eigenvalue weighted by Crippen LogP contribution is -2.15. The van der Waals surface area contributed by atoms with Crippen molar-refractivity contribution in [3.63, 3.8) is 0 Å². The Morgan fingerprint density at radius 3 is 1.56 bits per heavy atom. The van der Waals surface area contributed by atoms with Crippen molar-refractivity contribution in [3.05, 3.63) is 60.7 Å². The summed E-state index contributed by atoms with van der Waals surface area (Å²) in [5, 5.41) is 25.8. The van der Waals surface area contributed by atoms with Gasteiger partial charge >= 0.3 is 10.4 Å². The zero-order valence-corrected chi connectivity index (χ0v) is 32.4. The van der Waals surface area contributed by atoms with Crippen molar-refractivity contribution >= 4 is 101 Å². The number of azo groups is 2. The van der Waals surface area contributed by atoms with E-state index >= 15 is 0 Å². The van der Waals surface area contributed by atoms with Crippen molar-refractivity contribution in [3.8, 4) is 5.75 Å². The maximum atomic E-state index is 12.5. The second kappa shape index (κ2) is 16.4. The molecule has 0 amide bonds. The van der Waals surface area contributed by atoms with E-state index in [1.54, 1.807) is 0 Å². The Balaban J connectivity index is 1.72. The second-order valence-corrected chi connectivity index (χ2v) is 20.1. The molecule has 0 aromatic heterocycles. The van der Waals surface area contributed by atoms with Crippen molar-refractivity contribution in [1.82, 2.24) is 0 Å². The quantitative estimate of drug-likeness (QED) is 0.0354. The molecule has 0 saturated heterocycles. The number of hydrogen-bond donors (Lipinski definition) is 5. The molecule has 0 aliphatic carbocycles. The molecule has 1 atom stereocenters. The molecule has 0 aliphatic heterocycles. The van der Waals surface area contributed by atoms with Crippen LogP contribution in [0.15, 0.2) is 101 Å². The molecule has 4 aromatic rings. The fraction of sp³-hybridized carbons (Fsp3) is 0.185. The van der Waals surface area contributed by atoms with E-state index in [2.05, 4.69) is 28.8 Å². The molecular weight excluding hydrogens is 859 g/mol. The van der Waals surface area contributed by atoms with Gasteiger partial charge in [0.15, 0.2) is 36.5 Å². The summed E-state index contributed by atoms with van der Waals surface area (Å²) in [4.78, 5) is -2.12. The summed E-state index contributed by atoms with van der Waals surface area (Å²) in [6, 6.07) is 10.5. The molecule has 6 N–H and O–H groups in total. The second-order valence-electron chi connectivity index (χ2n) is 10.8. The highest BCUT2D eigenvalue weighted by Crippen LogP contribution is 2.48. The summed E-state index contributed by atoms with van der Waals surface area (Å²) in [7, 11) is -22.0. The average molecular weight is 886 g/mol. The van der Waals surface area contributed by atoms with Crippen LogP contribution in [-0.4, -0.2) is 96.0 Å². The molecule has 0 bridgehead atoms. The first-order valence-electron chi connectivity index (χ1n) is 14.4. The van der Waals surface area contributed by atoms with Crippen molar-refractivity contribution in [1.29, 1.82) is 0 Å². The SMILES string of the molecule is CS(=O)(=O)OCCS(=O)(=O)c1ccc(N=Nc2c(S(=O)(=O)O)cc3cc(S(=O)O)c(N=Nc4ccc(S(=O)(=O)CCOS(=O)(=O)O)cc4)c(O)c3c2N)cc1. The number of phenolic OH excluding ortho intramolecular Hbond substituents is 1. The normalized spacial score (nSPS) is 13.9. The van der Waals surface area contributed by atoms with Gasteiger partial charge < -0.3 is 15.4 Å². The van der Waals surface area contributed by atoms with Crippen molar-refractivity contribution < 1.29 is 73.4 Å². The van der Waals surface area contributed by atoms with Crippen LogP contribution in [0.25, 0.3) is 10.8 Å². The fourth-order valence-corrected chi connectivity index (χ4v) is 8.75. The van der Waals surface area contributed by atoms with Gasteiger partial charge in [-0.3, -0.25) is 13.3 Å². The monoisotopic (exact) mass is 885 g/mol. The molecule has 4 aromatic carbocycles. The van der Waals surface area contributed by atoms with Crippen molar-refractivity contribution in [2.75, 3.05) is 36.7 Å². The van der Waals surface area contributed by atoms with E-state index in [1.807, 2.05) is 0 Å². The maximum Gasteiger partial charge on any atom is 0.397 e. The number of nitrogens with zero attached hydrogens (tertiary/aromatic N) is 4. The van der Waals surface area contributed by atoms with Gasteiger partial charge in [0, 0.05) is 0 Å². The van der Waals surface area contributed by atoms with Gasteiger partial charge in [0.2, 0.25) is 0 Å². The van der Waals surface area contributed by atoms with E-state index < -0.39 is 124 Å². The van der Waals surface area contributed by atoms with E-state index in [0.717, 1.165) is 66.9 Å². The number of phenols is 1. The van der Waals surface area contributed by atoms with Crippen molar-refractivity contribution in [2.24, 2.45) is 20.5 Å². The lowest BCUT2D eigenvalue weighted by molar-refractivity contribution is 0.284. The van der Waals surface area contributed by atoms with Gasteiger partial charge in [-0.2, -0.15) is 35.5 Å². The third-order valence-electron chi connectivity index (χ3n) is 6.94. The van der Waals surface area contributed by atoms with Crippen LogP contribution in [0.2, 0.25) is 0 Å². The molecule has 55 heavy (non-hydrogen) atoms. The summed E-state index contributed by atoms with van der Waals surface area (Å²) in [6.45, 7) is -1.52. The van der Waals surface area contributed by atoms with Gasteiger partial charge in [0.05, 0.1) is 68.1 Å². The number of nitrogen functional groups attached to an aromatic ring is 1. The molecular formula is C27H27N5O17S6. The number of benzene rings is 4. The summed E-state index contributed by atoms with van der Waals surface area (Å²) in [5.41, 5.74) is 4.08. The standard InChI is InChI=1S/C27H27N5O17S6/c1-51(36,37)48-10-12-52(38,39)19-8-4-18(5-9-19)30-32-26-22(54(42,43)44)15-16-14-21(50(34)35)25(27(33)23(16)24(26)28)31-29-17-2-6-20(7-3-17)53(40,41)13-11-49-55(45,46)47/h2-9,14-15,33H,10-13,28H2,1H3,(H,34,35)(H,42,43,44)(H,45,46,47). The van der Waals surface area contributed by atoms with Gasteiger partial charge in [-0.05, 0) is 66.0 Å². The highest BCUT2D eigenvalue weighted by Gasteiger charge is 2.26. The number of rotatable bonds is 16. The van der Waals surface area contributed by atoms with E-state index in [0.29, 0.717) is 0 Å². The van der Waals surface area contributed by atoms with E-state index in [-0.39, 0.29) is 26.6 Å². The molecule has 22 nitrogen and oxygen atoms in total. The van der Waals surface area contributed by atoms with Crippen LogP contribution in [0.1, 0.15) is 0 Å². The minimum atomic E-state index is -5.14. The van der Waals surface area contributed by atoms with E-state index in [9.17, 15) is 60.5 Å². The van der Waals surface area contributed by atoms with Crippen LogP contribution in [-0.2, 0) is 69.8 Å². The predicted molar refractivity (Wildman–Crippen MR) is 193 cm³/mol. The molecule has 28 heteroatoms. The highest BCUT2D eigenvalue weighted by atomic mass is 32.3. The fourth-order valence-electron chi connectivity index (χ4n) is 4.48. The maximum absolute atomic E-state index is 12.5. The predicted octanol–water partition coefficient (Wildman–Crippen LogP) is 3.13. The number of hydrogen-bond acceptors (Lipinski definition) is 19. The lowest BCUT2D eigenvalue weighted by atomic mass is 10.1. The third kappa shape index (κ3) is 11.3. The largest absolute Gasteiger partial charge is 0.505 e. The zero-order valence-electron chi connectivity index (χ0n) is 27.5. The topological polar surface area (TPSA) is 363 Å². The summed E-state index contributed by atoms with van der Waals surface area (Å²) in [6.07, 6.45) is 0.750. The highest BCUT2D eigenvalue weighted by molar-refractivity contribution is 7.91. The van der Waals surface area contributed by atoms with Gasteiger partial charge in [0.1, 0.15) is 16.3 Å². The minimum Gasteiger partial charge on any atom is -0.505 e. The first-order valence-corrected chi connectivity index (χ1v) is 23.5. The molecule has 0 heterocycles. The Morgan fingerprint density at radius 1 is 0.691 bits per heavy atom. The molecule has 298 valence electrons. The van der Waals surface area contributed by atoms with Crippen LogP contribution in [0.4, 0.5) is 28.4 Å². The Kier molecular flexibility index (Phi) is 12.9. The van der Waals surface area contributed by atoms with E-state index in [1.165, 1.54) is 0 Å². The van der Waals surface area contributed by atoms with Crippen LogP contribution in [0.3, 0.4) is 0 Å². The van der Waals surface area contributed by atoms with Gasteiger partial charge in [0.25, 0.3) is 20.2 Å². The van der Waals surface area contributed by atoms with Gasteiger partial charge in [-0.15, -0.1) is 10.2 Å². The molecule has 0 radical (unpaired) electrons. The van der Waals surface area contributed by atoms with Gasteiger partial charge in [-0.1, -0.05) is 0 Å². The zero-order chi connectivity index (χ0) is 41.1.